The number of anilines is 1. The molecule has 0 atom stereocenters. The van der Waals surface area contributed by atoms with E-state index in [0.29, 0.717) is 27.8 Å². The molecule has 0 radical (unpaired) electrons. The third-order valence-electron chi connectivity index (χ3n) is 5.08. The molecule has 0 saturated carbocycles. The van der Waals surface area contributed by atoms with Gasteiger partial charge in [-0.2, -0.15) is 0 Å². The normalized spacial score (nSPS) is 11.0. The fraction of sp³-hybridized carbons (Fsp3) is 0.148. The van der Waals surface area contributed by atoms with E-state index in [0.717, 1.165) is 11.1 Å². The van der Waals surface area contributed by atoms with Crippen LogP contribution in [0.25, 0.3) is 18.2 Å². The van der Waals surface area contributed by atoms with Crippen LogP contribution in [-0.4, -0.2) is 39.5 Å². The van der Waals surface area contributed by atoms with Crippen molar-refractivity contribution in [2.45, 2.75) is 0 Å². The average Bonchev–Trinajstić information content (AvgIpc) is 2.87. The summed E-state index contributed by atoms with van der Waals surface area (Å²) in [5, 5.41) is 14.0. The minimum absolute atomic E-state index is 0.187. The van der Waals surface area contributed by atoms with Crippen molar-refractivity contribution in [3.63, 3.8) is 0 Å². The van der Waals surface area contributed by atoms with Gasteiger partial charge in [0.2, 0.25) is 11.7 Å². The summed E-state index contributed by atoms with van der Waals surface area (Å²) < 4.78 is 21.4. The molecule has 35 heavy (non-hydrogen) atoms. The number of benzene rings is 3. The second-order valence-corrected chi connectivity index (χ2v) is 7.68. The van der Waals surface area contributed by atoms with E-state index in [1.165, 1.54) is 34.5 Å². The summed E-state index contributed by atoms with van der Waals surface area (Å²) >= 11 is 5.90. The molecule has 0 saturated heterocycles. The van der Waals surface area contributed by atoms with Gasteiger partial charge in [0.25, 0.3) is 0 Å². The minimum Gasteiger partial charge on any atom is -0.503 e. The van der Waals surface area contributed by atoms with Gasteiger partial charge in [0.15, 0.2) is 23.0 Å². The number of halogens is 1. The van der Waals surface area contributed by atoms with Crippen LogP contribution in [0.3, 0.4) is 0 Å². The number of aromatic hydroxyl groups is 1. The number of phenols is 1. The minimum atomic E-state index is -0.425. The molecule has 2 N–H and O–H groups in total. The Morgan fingerprint density at radius 3 is 2.00 bits per heavy atom. The van der Waals surface area contributed by atoms with E-state index >= 15 is 0 Å². The van der Waals surface area contributed by atoms with Crippen LogP contribution in [-0.2, 0) is 4.79 Å². The van der Waals surface area contributed by atoms with Crippen molar-refractivity contribution < 1.29 is 28.8 Å². The van der Waals surface area contributed by atoms with Gasteiger partial charge in [-0.25, -0.2) is 0 Å². The quantitative estimate of drug-likeness (QED) is 0.218. The average molecular weight is 496 g/mol. The summed E-state index contributed by atoms with van der Waals surface area (Å²) in [7, 11) is 6.05. The third-order valence-corrected chi connectivity index (χ3v) is 5.33. The van der Waals surface area contributed by atoms with Gasteiger partial charge in [-0.3, -0.25) is 4.79 Å². The number of nitrogens with one attached hydrogen (secondary N) is 1. The Hall–Kier alpha value is -4.10. The maximum absolute atomic E-state index is 12.6. The summed E-state index contributed by atoms with van der Waals surface area (Å²) in [6, 6.07) is 14.0. The molecular weight excluding hydrogens is 470 g/mol. The second-order valence-electron chi connectivity index (χ2n) is 7.25. The topological polar surface area (TPSA) is 86.3 Å². The number of hydrogen-bond donors (Lipinski definition) is 2. The van der Waals surface area contributed by atoms with E-state index in [2.05, 4.69) is 5.32 Å². The Bertz CT molecular complexity index is 1230. The zero-order chi connectivity index (χ0) is 25.4. The van der Waals surface area contributed by atoms with Crippen LogP contribution in [0.4, 0.5) is 5.69 Å². The van der Waals surface area contributed by atoms with Gasteiger partial charge in [-0.05, 0) is 53.6 Å². The Morgan fingerprint density at radius 2 is 1.43 bits per heavy atom. The van der Waals surface area contributed by atoms with E-state index in [1.807, 2.05) is 0 Å². The van der Waals surface area contributed by atoms with Gasteiger partial charge in [0.05, 0.1) is 34.1 Å². The highest BCUT2D eigenvalue weighted by molar-refractivity contribution is 6.30. The van der Waals surface area contributed by atoms with Gasteiger partial charge < -0.3 is 29.4 Å². The van der Waals surface area contributed by atoms with E-state index in [1.54, 1.807) is 66.8 Å². The number of rotatable bonds is 9. The Labute approximate surface area is 209 Å². The number of phenolic OH excluding ortho intramolecular Hbond substituents is 1. The van der Waals surface area contributed by atoms with Gasteiger partial charge in [-0.1, -0.05) is 35.9 Å². The predicted octanol–water partition coefficient (Wildman–Crippen LogP) is 5.90. The molecule has 0 spiro atoms. The van der Waals surface area contributed by atoms with E-state index in [9.17, 15) is 9.90 Å². The summed E-state index contributed by atoms with van der Waals surface area (Å²) in [6.07, 6.45) is 6.56. The number of methoxy groups -OCH3 is 4. The molecule has 0 bridgehead atoms. The van der Waals surface area contributed by atoms with Crippen molar-refractivity contribution in [3.05, 3.63) is 76.3 Å². The third kappa shape index (κ3) is 6.28. The van der Waals surface area contributed by atoms with Crippen LogP contribution in [0.5, 0.6) is 28.7 Å². The van der Waals surface area contributed by atoms with E-state index in [4.69, 9.17) is 30.5 Å². The highest BCUT2D eigenvalue weighted by Gasteiger charge is 2.15. The first kappa shape index (κ1) is 25.5. The standard InChI is InChI=1S/C27H26ClNO6/c1-32-21-13-10-19(9-5-18-15-22(33-2)27(35-4)23(16-18)34-3)25(26(21)31)29-24(30)14-8-17-6-11-20(28)12-7-17/h5-16,31H,1-4H3,(H,29,30)/b9-5-,14-8+. The molecule has 0 heterocycles. The van der Waals surface area contributed by atoms with Crippen molar-refractivity contribution >= 4 is 41.4 Å². The van der Waals surface area contributed by atoms with Gasteiger partial charge in [-0.15, -0.1) is 0 Å². The molecule has 182 valence electrons. The van der Waals surface area contributed by atoms with Crippen LogP contribution >= 0.6 is 11.6 Å². The second kappa shape index (κ2) is 11.9. The van der Waals surface area contributed by atoms with Crippen molar-refractivity contribution in [2.75, 3.05) is 33.8 Å². The van der Waals surface area contributed by atoms with Crippen molar-refractivity contribution in [3.8, 4) is 28.7 Å². The lowest BCUT2D eigenvalue weighted by Crippen LogP contribution is -2.09. The zero-order valence-electron chi connectivity index (χ0n) is 19.8. The molecule has 0 aliphatic heterocycles. The summed E-state index contributed by atoms with van der Waals surface area (Å²) in [5.41, 5.74) is 2.33. The number of ether oxygens (including phenoxy) is 4. The molecule has 0 unspecified atom stereocenters. The smallest absolute Gasteiger partial charge is 0.248 e. The molecule has 0 aromatic heterocycles. The largest absolute Gasteiger partial charge is 0.503 e. The van der Waals surface area contributed by atoms with E-state index < -0.39 is 5.91 Å². The van der Waals surface area contributed by atoms with Crippen LogP contribution in [0.15, 0.2) is 54.6 Å². The molecule has 7 nitrogen and oxygen atoms in total. The van der Waals surface area contributed by atoms with Crippen LogP contribution in [0.2, 0.25) is 5.02 Å². The summed E-state index contributed by atoms with van der Waals surface area (Å²) in [5.74, 6) is 1.11. The molecular formula is C27H26ClNO6. The lowest BCUT2D eigenvalue weighted by atomic mass is 10.1. The first-order chi connectivity index (χ1) is 16.9. The first-order valence-electron chi connectivity index (χ1n) is 10.5. The lowest BCUT2D eigenvalue weighted by Gasteiger charge is -2.14. The molecule has 3 rings (SSSR count). The maximum atomic E-state index is 12.6. The first-order valence-corrected chi connectivity index (χ1v) is 10.9. The molecule has 3 aromatic carbocycles. The Morgan fingerprint density at radius 1 is 0.800 bits per heavy atom. The number of carbonyl (C=O) groups excluding carboxylic acids is 1. The van der Waals surface area contributed by atoms with Gasteiger partial charge in [0, 0.05) is 16.7 Å². The van der Waals surface area contributed by atoms with Crippen molar-refractivity contribution in [1.82, 2.24) is 0 Å². The Kier molecular flexibility index (Phi) is 8.64. The van der Waals surface area contributed by atoms with Gasteiger partial charge >= 0.3 is 0 Å². The molecule has 0 aliphatic carbocycles. The maximum Gasteiger partial charge on any atom is 0.248 e. The highest BCUT2D eigenvalue weighted by atomic mass is 35.5. The fourth-order valence-electron chi connectivity index (χ4n) is 3.32. The van der Waals surface area contributed by atoms with Gasteiger partial charge in [0.1, 0.15) is 0 Å². The molecule has 0 aliphatic rings. The number of amides is 1. The van der Waals surface area contributed by atoms with Crippen LogP contribution in [0.1, 0.15) is 16.7 Å². The van der Waals surface area contributed by atoms with Crippen LogP contribution in [0, 0.1) is 0 Å². The zero-order valence-corrected chi connectivity index (χ0v) is 20.6. The molecule has 3 aromatic rings. The summed E-state index contributed by atoms with van der Waals surface area (Å²) in [4.78, 5) is 12.6. The SMILES string of the molecule is COc1ccc(/C=C\c2cc(OC)c(OC)c(OC)c2)c(NC(=O)/C=C/c2ccc(Cl)cc2)c1O. The monoisotopic (exact) mass is 495 g/mol. The number of hydrogen-bond acceptors (Lipinski definition) is 6. The molecule has 8 heteroatoms. The van der Waals surface area contributed by atoms with Crippen molar-refractivity contribution in [2.24, 2.45) is 0 Å². The lowest BCUT2D eigenvalue weighted by molar-refractivity contribution is -0.111. The highest BCUT2D eigenvalue weighted by Crippen LogP contribution is 2.40. The molecule has 0 fully saturated rings. The Balaban J connectivity index is 1.92. The van der Waals surface area contributed by atoms with Crippen LogP contribution < -0.4 is 24.3 Å². The van der Waals surface area contributed by atoms with E-state index in [-0.39, 0.29) is 17.2 Å². The molecule has 1 amide bonds. The number of carbonyl (C=O) groups is 1. The van der Waals surface area contributed by atoms with Crippen molar-refractivity contribution in [1.29, 1.82) is 0 Å². The summed E-state index contributed by atoms with van der Waals surface area (Å²) in [6.45, 7) is 0. The predicted molar refractivity (Wildman–Crippen MR) is 139 cm³/mol. The fourth-order valence-corrected chi connectivity index (χ4v) is 3.44.